The van der Waals surface area contributed by atoms with Gasteiger partial charge in [0.25, 0.3) is 5.91 Å². The minimum Gasteiger partial charge on any atom is -0.348 e. The molecule has 0 aliphatic heterocycles. The van der Waals surface area contributed by atoms with Gasteiger partial charge in [0.1, 0.15) is 6.29 Å². The zero-order chi connectivity index (χ0) is 19.3. The molecule has 28 heavy (non-hydrogen) atoms. The molecule has 1 amide bonds. The summed E-state index contributed by atoms with van der Waals surface area (Å²) in [5.41, 5.74) is 5.33. The van der Waals surface area contributed by atoms with Crippen molar-refractivity contribution in [3.05, 3.63) is 101 Å². The van der Waals surface area contributed by atoms with Crippen LogP contribution >= 0.6 is 0 Å². The highest BCUT2D eigenvalue weighted by molar-refractivity contribution is 5.94. The molecule has 0 unspecified atom stereocenters. The third kappa shape index (κ3) is 3.83. The SMILES string of the molecule is O=Cc1ccc(C(=O)NCc2cccc(Cn3cnc4ccccc43)c2)cc1. The van der Waals surface area contributed by atoms with E-state index in [1.54, 1.807) is 24.3 Å². The fraction of sp³-hybridized carbons (Fsp3) is 0.0870. The number of hydrogen-bond acceptors (Lipinski definition) is 3. The number of fused-ring (bicyclic) bond motifs is 1. The number of nitrogens with one attached hydrogen (secondary N) is 1. The molecule has 4 aromatic rings. The summed E-state index contributed by atoms with van der Waals surface area (Å²) in [6, 6.07) is 22.8. The molecule has 5 nitrogen and oxygen atoms in total. The summed E-state index contributed by atoms with van der Waals surface area (Å²) < 4.78 is 2.11. The van der Waals surface area contributed by atoms with E-state index < -0.39 is 0 Å². The monoisotopic (exact) mass is 369 g/mol. The van der Waals surface area contributed by atoms with E-state index in [1.807, 2.05) is 36.7 Å². The molecule has 0 fully saturated rings. The smallest absolute Gasteiger partial charge is 0.251 e. The third-order valence-corrected chi connectivity index (χ3v) is 4.63. The van der Waals surface area contributed by atoms with E-state index >= 15 is 0 Å². The first kappa shape index (κ1) is 17.7. The van der Waals surface area contributed by atoms with Gasteiger partial charge in [0.05, 0.1) is 17.4 Å². The van der Waals surface area contributed by atoms with Gasteiger partial charge in [-0.05, 0) is 35.4 Å². The van der Waals surface area contributed by atoms with Crippen LogP contribution in [0.4, 0.5) is 0 Å². The van der Waals surface area contributed by atoms with Gasteiger partial charge in [-0.25, -0.2) is 4.98 Å². The number of aldehydes is 1. The molecule has 0 atom stereocenters. The summed E-state index contributed by atoms with van der Waals surface area (Å²) in [7, 11) is 0. The molecule has 4 rings (SSSR count). The van der Waals surface area contributed by atoms with Gasteiger partial charge in [0.15, 0.2) is 0 Å². The van der Waals surface area contributed by atoms with Crippen LogP contribution in [0.2, 0.25) is 0 Å². The topological polar surface area (TPSA) is 64.0 Å². The zero-order valence-electron chi connectivity index (χ0n) is 15.2. The molecule has 1 heterocycles. The molecule has 0 saturated carbocycles. The molecule has 0 spiro atoms. The van der Waals surface area contributed by atoms with Gasteiger partial charge in [0, 0.05) is 24.2 Å². The van der Waals surface area contributed by atoms with E-state index in [1.165, 1.54) is 0 Å². The van der Waals surface area contributed by atoms with Gasteiger partial charge in [0.2, 0.25) is 0 Å². The van der Waals surface area contributed by atoms with E-state index in [0.29, 0.717) is 17.7 Å². The molecule has 1 N–H and O–H groups in total. The molecule has 138 valence electrons. The minimum absolute atomic E-state index is 0.163. The van der Waals surface area contributed by atoms with Crippen molar-refractivity contribution in [2.75, 3.05) is 0 Å². The van der Waals surface area contributed by atoms with Crippen molar-refractivity contribution in [1.29, 1.82) is 0 Å². The summed E-state index contributed by atoms with van der Waals surface area (Å²) in [4.78, 5) is 27.4. The molecule has 0 radical (unpaired) electrons. The largest absolute Gasteiger partial charge is 0.348 e. The number of nitrogens with zero attached hydrogens (tertiary/aromatic N) is 2. The first-order chi connectivity index (χ1) is 13.7. The van der Waals surface area contributed by atoms with Crippen molar-refractivity contribution in [3.63, 3.8) is 0 Å². The molecule has 1 aromatic heterocycles. The lowest BCUT2D eigenvalue weighted by Crippen LogP contribution is -2.22. The number of aromatic nitrogens is 2. The summed E-state index contributed by atoms with van der Waals surface area (Å²) in [5, 5.41) is 2.92. The molecular weight excluding hydrogens is 350 g/mol. The van der Waals surface area contributed by atoms with Crippen LogP contribution < -0.4 is 5.32 Å². The molecule has 0 saturated heterocycles. The predicted octanol–water partition coefficient (Wildman–Crippen LogP) is 3.83. The molecule has 0 aliphatic carbocycles. The van der Waals surface area contributed by atoms with Gasteiger partial charge in [-0.1, -0.05) is 48.5 Å². The number of amides is 1. The molecule has 3 aromatic carbocycles. The van der Waals surface area contributed by atoms with Crippen molar-refractivity contribution in [1.82, 2.24) is 14.9 Å². The van der Waals surface area contributed by atoms with Gasteiger partial charge < -0.3 is 9.88 Å². The Hall–Kier alpha value is -3.73. The highest BCUT2D eigenvalue weighted by Gasteiger charge is 2.06. The number of rotatable bonds is 6. The standard InChI is InChI=1S/C23H19N3O2/c27-15-17-8-10-20(11-9-17)23(28)24-13-18-4-3-5-19(12-18)14-26-16-25-21-6-1-2-7-22(21)26/h1-12,15-16H,13-14H2,(H,24,28). The Morgan fingerprint density at radius 2 is 1.75 bits per heavy atom. The molecular formula is C23H19N3O2. The zero-order valence-corrected chi connectivity index (χ0v) is 15.2. The normalized spacial score (nSPS) is 10.7. The van der Waals surface area contributed by atoms with E-state index in [4.69, 9.17) is 0 Å². The van der Waals surface area contributed by atoms with Crippen LogP contribution in [0.3, 0.4) is 0 Å². The van der Waals surface area contributed by atoms with Crippen molar-refractivity contribution >= 4 is 23.2 Å². The number of para-hydroxylation sites is 2. The van der Waals surface area contributed by atoms with Crippen LogP contribution in [0.5, 0.6) is 0 Å². The van der Waals surface area contributed by atoms with Crippen LogP contribution in [0.1, 0.15) is 31.8 Å². The molecule has 0 aliphatic rings. The van der Waals surface area contributed by atoms with Crippen molar-refractivity contribution in [2.45, 2.75) is 13.1 Å². The average Bonchev–Trinajstić information content (AvgIpc) is 3.15. The van der Waals surface area contributed by atoms with Crippen molar-refractivity contribution < 1.29 is 9.59 Å². The Morgan fingerprint density at radius 1 is 0.964 bits per heavy atom. The van der Waals surface area contributed by atoms with E-state index in [0.717, 1.165) is 35.0 Å². The van der Waals surface area contributed by atoms with E-state index in [-0.39, 0.29) is 5.91 Å². The highest BCUT2D eigenvalue weighted by Crippen LogP contribution is 2.15. The van der Waals surface area contributed by atoms with Crippen LogP contribution in [0, 0.1) is 0 Å². The number of hydrogen-bond donors (Lipinski definition) is 1. The summed E-state index contributed by atoms with van der Waals surface area (Å²) in [6.07, 6.45) is 2.61. The fourth-order valence-corrected chi connectivity index (χ4v) is 3.17. The third-order valence-electron chi connectivity index (χ3n) is 4.63. The second-order valence-electron chi connectivity index (χ2n) is 6.60. The lowest BCUT2D eigenvalue weighted by atomic mass is 10.1. The first-order valence-electron chi connectivity index (χ1n) is 9.04. The van der Waals surface area contributed by atoms with Gasteiger partial charge in [-0.2, -0.15) is 0 Å². The first-order valence-corrected chi connectivity index (χ1v) is 9.04. The maximum Gasteiger partial charge on any atom is 0.251 e. The van der Waals surface area contributed by atoms with Gasteiger partial charge >= 0.3 is 0 Å². The lowest BCUT2D eigenvalue weighted by Gasteiger charge is -2.09. The maximum absolute atomic E-state index is 12.3. The summed E-state index contributed by atoms with van der Waals surface area (Å²) in [6.45, 7) is 1.15. The van der Waals surface area contributed by atoms with E-state index in [9.17, 15) is 9.59 Å². The summed E-state index contributed by atoms with van der Waals surface area (Å²) in [5.74, 6) is -0.163. The fourth-order valence-electron chi connectivity index (χ4n) is 3.17. The van der Waals surface area contributed by atoms with Gasteiger partial charge in [-0.3, -0.25) is 9.59 Å². The Kier molecular flexibility index (Phi) is 4.97. The van der Waals surface area contributed by atoms with Crippen LogP contribution in [0.25, 0.3) is 11.0 Å². The Labute approximate surface area is 162 Å². The van der Waals surface area contributed by atoms with Crippen LogP contribution in [-0.2, 0) is 13.1 Å². The highest BCUT2D eigenvalue weighted by atomic mass is 16.1. The molecule has 5 heteroatoms. The molecule has 0 bridgehead atoms. The van der Waals surface area contributed by atoms with Crippen molar-refractivity contribution in [3.8, 4) is 0 Å². The number of benzene rings is 3. The maximum atomic E-state index is 12.3. The number of carbonyl (C=O) groups excluding carboxylic acids is 2. The number of carbonyl (C=O) groups is 2. The van der Waals surface area contributed by atoms with Gasteiger partial charge in [-0.15, -0.1) is 0 Å². The Bertz CT molecular complexity index is 1130. The predicted molar refractivity (Wildman–Crippen MR) is 108 cm³/mol. The van der Waals surface area contributed by atoms with Crippen LogP contribution in [-0.4, -0.2) is 21.7 Å². The average molecular weight is 369 g/mol. The summed E-state index contributed by atoms with van der Waals surface area (Å²) >= 11 is 0. The minimum atomic E-state index is -0.163. The van der Waals surface area contributed by atoms with E-state index in [2.05, 4.69) is 33.1 Å². The lowest BCUT2D eigenvalue weighted by molar-refractivity contribution is 0.0950. The van der Waals surface area contributed by atoms with Crippen LogP contribution in [0.15, 0.2) is 79.1 Å². The number of imidazole rings is 1. The second-order valence-corrected chi connectivity index (χ2v) is 6.60. The van der Waals surface area contributed by atoms with Crippen molar-refractivity contribution in [2.24, 2.45) is 0 Å². The Morgan fingerprint density at radius 3 is 2.57 bits per heavy atom. The Balaban J connectivity index is 1.43. The quantitative estimate of drug-likeness (QED) is 0.526. The second kappa shape index (κ2) is 7.88.